The summed E-state index contributed by atoms with van der Waals surface area (Å²) >= 11 is 0. The van der Waals surface area contributed by atoms with Gasteiger partial charge in [-0.05, 0) is 37.5 Å². The second kappa shape index (κ2) is 7.02. The number of hydrogen-bond acceptors (Lipinski definition) is 4. The quantitative estimate of drug-likeness (QED) is 0.870. The van der Waals surface area contributed by atoms with Crippen LogP contribution < -0.4 is 11.1 Å². The molecule has 1 aromatic carbocycles. The lowest BCUT2D eigenvalue weighted by molar-refractivity contribution is -0.123. The molecule has 2 aliphatic rings. The molecule has 2 amide bonds. The highest BCUT2D eigenvalue weighted by Crippen LogP contribution is 2.32. The normalized spacial score (nSPS) is 21.9. The van der Waals surface area contributed by atoms with Crippen LogP contribution in [0.25, 0.3) is 0 Å². The van der Waals surface area contributed by atoms with Gasteiger partial charge in [0.2, 0.25) is 5.91 Å². The summed E-state index contributed by atoms with van der Waals surface area (Å²) in [7, 11) is 0. The topological polar surface area (TPSA) is 88.3 Å². The van der Waals surface area contributed by atoms with Crippen LogP contribution >= 0.6 is 0 Å². The number of rotatable bonds is 4. The van der Waals surface area contributed by atoms with E-state index in [1.807, 2.05) is 0 Å². The molecule has 1 aliphatic heterocycles. The van der Waals surface area contributed by atoms with E-state index >= 15 is 0 Å². The van der Waals surface area contributed by atoms with E-state index in [0.717, 1.165) is 18.4 Å². The van der Waals surface area contributed by atoms with E-state index in [0.29, 0.717) is 24.5 Å². The number of nitrogens with zero attached hydrogens (tertiary/aromatic N) is 2. The number of nitrogen functional groups attached to an aromatic ring is 1. The Labute approximate surface area is 158 Å². The van der Waals surface area contributed by atoms with Crippen molar-refractivity contribution in [1.82, 2.24) is 15.2 Å². The lowest BCUT2D eigenvalue weighted by atomic mass is 9.93. The van der Waals surface area contributed by atoms with Crippen LogP contribution in [0.2, 0.25) is 0 Å². The number of aromatic nitrogens is 1. The van der Waals surface area contributed by atoms with E-state index in [1.54, 1.807) is 17.0 Å². The number of amides is 2. The average Bonchev–Trinajstić information content (AvgIpc) is 3.44. The molecule has 0 spiro atoms. The van der Waals surface area contributed by atoms with Crippen molar-refractivity contribution in [3.05, 3.63) is 59.3 Å². The molecule has 140 valence electrons. The summed E-state index contributed by atoms with van der Waals surface area (Å²) in [5.74, 6) is 0.650. The molecule has 0 unspecified atom stereocenters. The van der Waals surface area contributed by atoms with Crippen LogP contribution in [-0.4, -0.2) is 40.8 Å². The van der Waals surface area contributed by atoms with E-state index in [2.05, 4.69) is 41.5 Å². The maximum absolute atomic E-state index is 12.9. The highest BCUT2D eigenvalue weighted by molar-refractivity contribution is 5.94. The molecular formula is C21H24N4O2. The van der Waals surface area contributed by atoms with Gasteiger partial charge in [-0.1, -0.05) is 29.8 Å². The number of benzene rings is 1. The number of likely N-dealkylation sites (tertiary alicyclic amines) is 1. The Morgan fingerprint density at radius 1 is 1.11 bits per heavy atom. The van der Waals surface area contributed by atoms with Crippen molar-refractivity contribution in [3.8, 4) is 0 Å². The molecule has 2 atom stereocenters. The minimum absolute atomic E-state index is 0.0773. The number of anilines is 1. The van der Waals surface area contributed by atoms with Gasteiger partial charge in [0.1, 0.15) is 5.82 Å². The fraction of sp³-hybridized carbons (Fsp3) is 0.381. The summed E-state index contributed by atoms with van der Waals surface area (Å²) in [5, 5.41) is 3.18. The lowest BCUT2D eigenvalue weighted by Crippen LogP contribution is -2.41. The Morgan fingerprint density at radius 3 is 2.48 bits per heavy atom. The third-order valence-corrected chi connectivity index (χ3v) is 5.42. The summed E-state index contributed by atoms with van der Waals surface area (Å²) in [4.78, 5) is 31.1. The molecule has 2 heterocycles. The van der Waals surface area contributed by atoms with Crippen LogP contribution in [-0.2, 0) is 4.79 Å². The first-order chi connectivity index (χ1) is 13.0. The number of nitrogens with one attached hydrogen (secondary N) is 1. The maximum Gasteiger partial charge on any atom is 0.255 e. The molecule has 1 saturated carbocycles. The Kier molecular flexibility index (Phi) is 4.56. The molecule has 1 saturated heterocycles. The van der Waals surface area contributed by atoms with Gasteiger partial charge < -0.3 is 16.0 Å². The van der Waals surface area contributed by atoms with Crippen LogP contribution in [0, 0.1) is 12.8 Å². The minimum atomic E-state index is -0.0808. The molecule has 1 aliphatic carbocycles. The maximum atomic E-state index is 12.9. The van der Waals surface area contributed by atoms with Crippen LogP contribution in [0.5, 0.6) is 0 Å². The van der Waals surface area contributed by atoms with Gasteiger partial charge in [-0.3, -0.25) is 9.59 Å². The predicted molar refractivity (Wildman–Crippen MR) is 103 cm³/mol. The molecule has 0 bridgehead atoms. The standard InChI is InChI=1S/C21H24N4O2/c1-13-2-4-14(5-3-13)17-11-25(12-18(17)24-20(26)15-6-7-15)21(27)16-8-9-19(22)23-10-16/h2-5,8-10,15,17-18H,6-7,11-12H2,1H3,(H2,22,23)(H,24,26)/t17-,18+/m0/s1. The molecule has 2 aromatic rings. The molecular weight excluding hydrogens is 340 g/mol. The predicted octanol–water partition coefficient (Wildman–Crippen LogP) is 2.11. The monoisotopic (exact) mass is 364 g/mol. The van der Waals surface area contributed by atoms with Gasteiger partial charge >= 0.3 is 0 Å². The first-order valence-electron chi connectivity index (χ1n) is 9.39. The molecule has 1 aromatic heterocycles. The fourth-order valence-corrected chi connectivity index (χ4v) is 3.63. The van der Waals surface area contributed by atoms with E-state index in [-0.39, 0.29) is 29.7 Å². The third-order valence-electron chi connectivity index (χ3n) is 5.42. The van der Waals surface area contributed by atoms with Crippen LogP contribution in [0.3, 0.4) is 0 Å². The van der Waals surface area contributed by atoms with Gasteiger partial charge in [0.05, 0.1) is 11.6 Å². The van der Waals surface area contributed by atoms with Crippen LogP contribution in [0.15, 0.2) is 42.6 Å². The molecule has 3 N–H and O–H groups in total. The molecule has 4 rings (SSSR count). The van der Waals surface area contributed by atoms with E-state index < -0.39 is 0 Å². The van der Waals surface area contributed by atoms with Crippen LogP contribution in [0.1, 0.15) is 40.2 Å². The SMILES string of the molecule is Cc1ccc([C@@H]2CN(C(=O)c3ccc(N)nc3)C[C@H]2NC(=O)C2CC2)cc1. The minimum Gasteiger partial charge on any atom is -0.384 e. The molecule has 6 heteroatoms. The van der Waals surface area contributed by atoms with Gasteiger partial charge in [-0.25, -0.2) is 4.98 Å². The second-order valence-corrected chi connectivity index (χ2v) is 7.59. The average molecular weight is 364 g/mol. The summed E-state index contributed by atoms with van der Waals surface area (Å²) in [6.45, 7) is 3.12. The van der Waals surface area contributed by atoms with Crippen molar-refractivity contribution in [2.45, 2.75) is 31.7 Å². The molecule has 0 radical (unpaired) electrons. The lowest BCUT2D eigenvalue weighted by Gasteiger charge is -2.20. The summed E-state index contributed by atoms with van der Waals surface area (Å²) in [6.07, 6.45) is 3.44. The Morgan fingerprint density at radius 2 is 1.85 bits per heavy atom. The fourth-order valence-electron chi connectivity index (χ4n) is 3.63. The van der Waals surface area contributed by atoms with Gasteiger partial charge in [-0.15, -0.1) is 0 Å². The summed E-state index contributed by atoms with van der Waals surface area (Å²) in [5.41, 5.74) is 8.47. The van der Waals surface area contributed by atoms with Crippen LogP contribution in [0.4, 0.5) is 5.82 Å². The number of aryl methyl sites for hydroxylation is 1. The van der Waals surface area contributed by atoms with Crippen molar-refractivity contribution in [2.75, 3.05) is 18.8 Å². The Hall–Kier alpha value is -2.89. The Balaban J connectivity index is 1.55. The van der Waals surface area contributed by atoms with E-state index in [9.17, 15) is 9.59 Å². The number of pyridine rings is 1. The molecule has 2 fully saturated rings. The summed E-state index contributed by atoms with van der Waals surface area (Å²) in [6, 6.07) is 11.6. The largest absolute Gasteiger partial charge is 0.384 e. The van der Waals surface area contributed by atoms with Gasteiger partial charge in [0.25, 0.3) is 5.91 Å². The highest BCUT2D eigenvalue weighted by Gasteiger charge is 2.39. The van der Waals surface area contributed by atoms with Crippen molar-refractivity contribution in [3.63, 3.8) is 0 Å². The number of carbonyl (C=O) groups is 2. The number of hydrogen-bond donors (Lipinski definition) is 2. The molecule has 6 nitrogen and oxygen atoms in total. The first-order valence-corrected chi connectivity index (χ1v) is 9.39. The zero-order valence-electron chi connectivity index (χ0n) is 15.4. The molecule has 27 heavy (non-hydrogen) atoms. The zero-order chi connectivity index (χ0) is 19.0. The van der Waals surface area contributed by atoms with Gasteiger partial charge in [-0.2, -0.15) is 0 Å². The number of nitrogens with two attached hydrogens (primary N) is 1. The van der Waals surface area contributed by atoms with E-state index in [1.165, 1.54) is 11.8 Å². The van der Waals surface area contributed by atoms with Gasteiger partial charge in [0.15, 0.2) is 0 Å². The Bertz CT molecular complexity index is 843. The number of carbonyl (C=O) groups excluding carboxylic acids is 2. The van der Waals surface area contributed by atoms with Crippen molar-refractivity contribution in [2.24, 2.45) is 5.92 Å². The smallest absolute Gasteiger partial charge is 0.255 e. The van der Waals surface area contributed by atoms with Crippen molar-refractivity contribution >= 4 is 17.6 Å². The highest BCUT2D eigenvalue weighted by atomic mass is 16.2. The first kappa shape index (κ1) is 17.5. The van der Waals surface area contributed by atoms with Crippen molar-refractivity contribution in [1.29, 1.82) is 0 Å². The van der Waals surface area contributed by atoms with E-state index in [4.69, 9.17) is 5.73 Å². The summed E-state index contributed by atoms with van der Waals surface area (Å²) < 4.78 is 0. The van der Waals surface area contributed by atoms with Crippen molar-refractivity contribution < 1.29 is 9.59 Å². The zero-order valence-corrected chi connectivity index (χ0v) is 15.4. The van der Waals surface area contributed by atoms with Gasteiger partial charge in [0, 0.05) is 31.1 Å². The second-order valence-electron chi connectivity index (χ2n) is 7.59. The third kappa shape index (κ3) is 3.79.